The first-order valence-electron chi connectivity index (χ1n) is 11.2. The van der Waals surface area contributed by atoms with E-state index >= 15 is 0 Å². The van der Waals surface area contributed by atoms with Crippen molar-refractivity contribution in [2.24, 2.45) is 0 Å². The molecule has 2 fully saturated rings. The number of ether oxygens (including phenoxy) is 2. The van der Waals surface area contributed by atoms with Crippen LogP contribution < -0.4 is 4.74 Å². The van der Waals surface area contributed by atoms with E-state index in [4.69, 9.17) is 9.47 Å². The Morgan fingerprint density at radius 3 is 2.33 bits per heavy atom. The fourth-order valence-electron chi connectivity index (χ4n) is 4.50. The second-order valence-electron chi connectivity index (χ2n) is 8.25. The van der Waals surface area contributed by atoms with E-state index in [2.05, 4.69) is 14.8 Å². The first-order chi connectivity index (χ1) is 14.7. The lowest BCUT2D eigenvalue weighted by atomic mass is 9.88. The fraction of sp³-hybridized carbons (Fsp3) is 0.609. The Labute approximate surface area is 182 Å². The highest BCUT2D eigenvalue weighted by Gasteiger charge is 2.25. The van der Waals surface area contributed by atoms with Gasteiger partial charge in [0.2, 0.25) is 0 Å². The second-order valence-corrected chi connectivity index (χ2v) is 9.19. The summed E-state index contributed by atoms with van der Waals surface area (Å²) >= 11 is 1.42. The van der Waals surface area contributed by atoms with Crippen LogP contribution >= 0.6 is 11.8 Å². The van der Waals surface area contributed by atoms with E-state index in [9.17, 15) is 4.79 Å². The molecule has 2 aliphatic rings. The zero-order valence-electron chi connectivity index (χ0n) is 17.7. The summed E-state index contributed by atoms with van der Waals surface area (Å²) in [6.07, 6.45) is 11.7. The van der Waals surface area contributed by atoms with Gasteiger partial charge in [0.25, 0.3) is 0 Å². The van der Waals surface area contributed by atoms with Crippen LogP contribution in [-0.2, 0) is 9.53 Å². The van der Waals surface area contributed by atoms with Crippen molar-refractivity contribution in [2.75, 3.05) is 12.9 Å². The molecule has 0 atom stereocenters. The third-order valence-electron chi connectivity index (χ3n) is 6.13. The molecule has 1 aromatic carbocycles. The molecule has 30 heavy (non-hydrogen) atoms. The van der Waals surface area contributed by atoms with E-state index in [0.717, 1.165) is 60.9 Å². The number of carbonyl (C=O) groups excluding carboxylic acids is 1. The lowest BCUT2D eigenvalue weighted by Crippen LogP contribution is -2.22. The smallest absolute Gasteiger partial charge is 0.316 e. The number of rotatable bonds is 7. The minimum absolute atomic E-state index is 0.0871. The molecule has 1 aromatic heterocycles. The maximum Gasteiger partial charge on any atom is 0.316 e. The normalized spacial score (nSPS) is 18.3. The van der Waals surface area contributed by atoms with Crippen molar-refractivity contribution in [1.29, 1.82) is 0 Å². The first-order valence-corrected chi connectivity index (χ1v) is 12.1. The quantitative estimate of drug-likeness (QED) is 0.440. The number of hydrogen-bond donors (Lipinski definition) is 0. The minimum atomic E-state index is -0.157. The van der Waals surface area contributed by atoms with Gasteiger partial charge in [-0.25, -0.2) is 0 Å². The predicted octanol–water partition coefficient (Wildman–Crippen LogP) is 5.29. The zero-order valence-corrected chi connectivity index (χ0v) is 18.5. The van der Waals surface area contributed by atoms with Gasteiger partial charge in [0.15, 0.2) is 5.16 Å². The van der Waals surface area contributed by atoms with Gasteiger partial charge in [-0.1, -0.05) is 37.4 Å². The van der Waals surface area contributed by atoms with Gasteiger partial charge in [-0.2, -0.15) is 0 Å². The average molecular weight is 430 g/mol. The van der Waals surface area contributed by atoms with Gasteiger partial charge in [-0.3, -0.25) is 9.36 Å². The molecule has 4 rings (SSSR count). The van der Waals surface area contributed by atoms with Crippen molar-refractivity contribution < 1.29 is 14.3 Å². The molecule has 1 heterocycles. The van der Waals surface area contributed by atoms with Crippen LogP contribution in [0, 0.1) is 0 Å². The SMILES string of the molecule is COc1ccc(-n2c(SCC(=O)OC3CCCCC3)nnc2C2CCCCC2)cc1. The third-order valence-corrected chi connectivity index (χ3v) is 7.03. The van der Waals surface area contributed by atoms with Crippen molar-refractivity contribution in [2.45, 2.75) is 81.4 Å². The van der Waals surface area contributed by atoms with E-state index in [-0.39, 0.29) is 17.8 Å². The molecule has 2 aromatic rings. The topological polar surface area (TPSA) is 66.2 Å². The van der Waals surface area contributed by atoms with Crippen LogP contribution in [0.5, 0.6) is 5.75 Å². The van der Waals surface area contributed by atoms with Gasteiger partial charge in [0.1, 0.15) is 17.7 Å². The van der Waals surface area contributed by atoms with Crippen LogP contribution in [0.4, 0.5) is 0 Å². The summed E-state index contributed by atoms with van der Waals surface area (Å²) in [5, 5.41) is 9.78. The summed E-state index contributed by atoms with van der Waals surface area (Å²) in [7, 11) is 1.67. The van der Waals surface area contributed by atoms with E-state index in [0.29, 0.717) is 5.92 Å². The van der Waals surface area contributed by atoms with Gasteiger partial charge in [-0.05, 0) is 62.8 Å². The van der Waals surface area contributed by atoms with E-state index in [1.165, 1.54) is 37.4 Å². The van der Waals surface area contributed by atoms with Crippen molar-refractivity contribution in [3.63, 3.8) is 0 Å². The highest BCUT2D eigenvalue weighted by Crippen LogP contribution is 2.35. The van der Waals surface area contributed by atoms with Crippen LogP contribution in [0.2, 0.25) is 0 Å². The van der Waals surface area contributed by atoms with Crippen molar-refractivity contribution >= 4 is 17.7 Å². The van der Waals surface area contributed by atoms with Crippen molar-refractivity contribution in [1.82, 2.24) is 14.8 Å². The molecule has 0 spiro atoms. The molecule has 0 unspecified atom stereocenters. The Bertz CT molecular complexity index is 825. The average Bonchev–Trinajstić information content (AvgIpc) is 3.23. The summed E-state index contributed by atoms with van der Waals surface area (Å²) in [5.41, 5.74) is 1.00. The Hall–Kier alpha value is -2.02. The number of aromatic nitrogens is 3. The van der Waals surface area contributed by atoms with Gasteiger partial charge >= 0.3 is 5.97 Å². The molecule has 0 amide bonds. The predicted molar refractivity (Wildman–Crippen MR) is 117 cm³/mol. The fourth-order valence-corrected chi connectivity index (χ4v) is 5.24. The van der Waals surface area contributed by atoms with Crippen LogP contribution in [-0.4, -0.2) is 39.7 Å². The maximum absolute atomic E-state index is 12.4. The largest absolute Gasteiger partial charge is 0.497 e. The van der Waals surface area contributed by atoms with Crippen molar-refractivity contribution in [3.05, 3.63) is 30.1 Å². The highest BCUT2D eigenvalue weighted by molar-refractivity contribution is 7.99. The summed E-state index contributed by atoms with van der Waals surface area (Å²) in [6.45, 7) is 0. The summed E-state index contributed by atoms with van der Waals surface area (Å²) in [5.74, 6) is 2.33. The Kier molecular flexibility index (Phi) is 7.31. The molecular formula is C23H31N3O3S. The number of benzene rings is 1. The molecule has 2 saturated carbocycles. The summed E-state index contributed by atoms with van der Waals surface area (Å²) in [6, 6.07) is 7.95. The van der Waals surface area contributed by atoms with Gasteiger partial charge < -0.3 is 9.47 Å². The molecular weight excluding hydrogens is 398 g/mol. The molecule has 6 nitrogen and oxygen atoms in total. The molecule has 0 bridgehead atoms. The summed E-state index contributed by atoms with van der Waals surface area (Å²) in [4.78, 5) is 12.4. The van der Waals surface area contributed by atoms with E-state index in [1.54, 1.807) is 7.11 Å². The summed E-state index contributed by atoms with van der Waals surface area (Å²) < 4.78 is 13.1. The Morgan fingerprint density at radius 2 is 1.67 bits per heavy atom. The van der Waals surface area contributed by atoms with E-state index in [1.807, 2.05) is 24.3 Å². The molecule has 0 aliphatic heterocycles. The zero-order chi connectivity index (χ0) is 20.8. The van der Waals surface area contributed by atoms with Crippen LogP contribution in [0.3, 0.4) is 0 Å². The Morgan fingerprint density at radius 1 is 1.00 bits per heavy atom. The van der Waals surface area contributed by atoms with Crippen LogP contribution in [0.15, 0.2) is 29.4 Å². The highest BCUT2D eigenvalue weighted by atomic mass is 32.2. The number of methoxy groups -OCH3 is 1. The van der Waals surface area contributed by atoms with Crippen LogP contribution in [0.1, 0.15) is 76.0 Å². The number of esters is 1. The Balaban J connectivity index is 1.51. The molecule has 0 saturated heterocycles. The number of thioether (sulfide) groups is 1. The van der Waals surface area contributed by atoms with Crippen LogP contribution in [0.25, 0.3) is 5.69 Å². The van der Waals surface area contributed by atoms with Gasteiger partial charge in [0.05, 0.1) is 12.9 Å². The van der Waals surface area contributed by atoms with Gasteiger partial charge in [0, 0.05) is 11.6 Å². The standard InChI is InChI=1S/C23H31N3O3S/c1-28-19-14-12-18(13-15-19)26-22(17-8-4-2-5-9-17)24-25-23(26)30-16-21(27)29-20-10-6-3-7-11-20/h12-15,17,20H,2-11,16H2,1H3. The number of hydrogen-bond acceptors (Lipinski definition) is 6. The monoisotopic (exact) mass is 429 g/mol. The molecule has 7 heteroatoms. The molecule has 0 radical (unpaired) electrons. The maximum atomic E-state index is 12.4. The first kappa shape index (κ1) is 21.2. The molecule has 162 valence electrons. The third kappa shape index (κ3) is 5.17. The lowest BCUT2D eigenvalue weighted by molar-refractivity contribution is -0.147. The van der Waals surface area contributed by atoms with Crippen molar-refractivity contribution in [3.8, 4) is 11.4 Å². The van der Waals surface area contributed by atoms with E-state index < -0.39 is 0 Å². The van der Waals surface area contributed by atoms with Gasteiger partial charge in [-0.15, -0.1) is 10.2 Å². The minimum Gasteiger partial charge on any atom is -0.497 e. The number of carbonyl (C=O) groups is 1. The lowest BCUT2D eigenvalue weighted by Gasteiger charge is -2.22. The second kappa shape index (κ2) is 10.3. The molecule has 2 aliphatic carbocycles. The molecule has 0 N–H and O–H groups in total. The number of nitrogens with zero attached hydrogens (tertiary/aromatic N) is 3.